The molecule has 0 aliphatic carbocycles. The molecule has 1 aromatic heterocycles. The summed E-state index contributed by atoms with van der Waals surface area (Å²) in [6.45, 7) is 2.89. The molecule has 1 saturated heterocycles. The summed E-state index contributed by atoms with van der Waals surface area (Å²) in [4.78, 5) is 36.1. The molecule has 0 bridgehead atoms. The Hall–Kier alpha value is -3.86. The van der Waals surface area contributed by atoms with Crippen molar-refractivity contribution in [2.45, 2.75) is 44.6 Å². The Morgan fingerprint density at radius 2 is 2.00 bits per heavy atom. The second-order valence-corrected chi connectivity index (χ2v) is 8.70. The van der Waals surface area contributed by atoms with Crippen LogP contribution in [0.15, 0.2) is 41.2 Å². The smallest absolute Gasteiger partial charge is 0.258 e. The molecule has 2 aromatic carbocycles. The van der Waals surface area contributed by atoms with E-state index in [0.717, 1.165) is 37.6 Å². The normalized spacial score (nSPS) is 22.5. The fraction of sp³-hybridized carbons (Fsp3) is 0.360. The van der Waals surface area contributed by atoms with Crippen LogP contribution < -0.4 is 15.8 Å². The molecule has 33 heavy (non-hydrogen) atoms. The quantitative estimate of drug-likeness (QED) is 0.568. The van der Waals surface area contributed by atoms with Crippen molar-refractivity contribution < 1.29 is 9.90 Å². The Morgan fingerprint density at radius 3 is 2.79 bits per heavy atom. The summed E-state index contributed by atoms with van der Waals surface area (Å²) < 4.78 is 0. The number of aromatic amines is 1. The number of anilines is 2. The van der Waals surface area contributed by atoms with Crippen LogP contribution in [0.3, 0.4) is 0 Å². The van der Waals surface area contributed by atoms with Gasteiger partial charge in [-0.25, -0.2) is 0 Å². The SMILES string of the molecule is CCC1CCCCN1c1nc2c(c(=O)[nH]1)C(c1c(O)ccc3ccccc13)C(C#N)C(=O)N2. The van der Waals surface area contributed by atoms with E-state index in [0.29, 0.717) is 16.9 Å². The third-order valence-corrected chi connectivity index (χ3v) is 6.88. The van der Waals surface area contributed by atoms with Gasteiger partial charge < -0.3 is 15.3 Å². The molecule has 1 fully saturated rings. The monoisotopic (exact) mass is 443 g/mol. The number of carbonyl (C=O) groups excluding carboxylic acids is 1. The number of nitriles is 1. The second kappa shape index (κ2) is 8.24. The first-order chi connectivity index (χ1) is 16.0. The summed E-state index contributed by atoms with van der Waals surface area (Å²) in [5.41, 5.74) is 0.176. The van der Waals surface area contributed by atoms with Crippen molar-refractivity contribution in [3.8, 4) is 11.8 Å². The topological polar surface area (TPSA) is 122 Å². The molecule has 8 nitrogen and oxygen atoms in total. The Morgan fingerprint density at radius 1 is 1.18 bits per heavy atom. The van der Waals surface area contributed by atoms with E-state index < -0.39 is 23.3 Å². The number of aromatic nitrogens is 2. The van der Waals surface area contributed by atoms with E-state index in [1.54, 1.807) is 6.07 Å². The third-order valence-electron chi connectivity index (χ3n) is 6.88. The number of rotatable bonds is 3. The van der Waals surface area contributed by atoms with E-state index in [4.69, 9.17) is 0 Å². The minimum atomic E-state index is -1.18. The molecule has 2 aliphatic heterocycles. The van der Waals surface area contributed by atoms with E-state index in [9.17, 15) is 20.0 Å². The molecule has 0 spiro atoms. The highest BCUT2D eigenvalue weighted by Crippen LogP contribution is 2.44. The molecule has 3 heterocycles. The summed E-state index contributed by atoms with van der Waals surface area (Å²) in [5.74, 6) is -2.13. The zero-order valence-corrected chi connectivity index (χ0v) is 18.3. The second-order valence-electron chi connectivity index (χ2n) is 8.70. The van der Waals surface area contributed by atoms with Crippen LogP contribution in [0.2, 0.25) is 0 Å². The lowest BCUT2D eigenvalue weighted by atomic mass is 9.77. The fourth-order valence-corrected chi connectivity index (χ4v) is 5.26. The van der Waals surface area contributed by atoms with Crippen molar-refractivity contribution in [3.05, 3.63) is 57.9 Å². The molecular weight excluding hydrogens is 418 g/mol. The molecule has 1 amide bonds. The van der Waals surface area contributed by atoms with Gasteiger partial charge in [-0.1, -0.05) is 37.3 Å². The van der Waals surface area contributed by atoms with Crippen LogP contribution in [0, 0.1) is 17.2 Å². The number of nitrogens with one attached hydrogen (secondary N) is 2. The van der Waals surface area contributed by atoms with Crippen LogP contribution in [0.1, 0.15) is 49.7 Å². The maximum atomic E-state index is 13.5. The molecule has 8 heteroatoms. The first-order valence-corrected chi connectivity index (χ1v) is 11.4. The van der Waals surface area contributed by atoms with Crippen LogP contribution in [-0.4, -0.2) is 33.6 Å². The van der Waals surface area contributed by atoms with Crippen molar-refractivity contribution in [1.82, 2.24) is 9.97 Å². The Balaban J connectivity index is 1.72. The van der Waals surface area contributed by atoms with Gasteiger partial charge in [-0.05, 0) is 42.5 Å². The van der Waals surface area contributed by atoms with Gasteiger partial charge in [0, 0.05) is 24.1 Å². The molecule has 3 atom stereocenters. The lowest BCUT2D eigenvalue weighted by Crippen LogP contribution is -2.43. The summed E-state index contributed by atoms with van der Waals surface area (Å²) >= 11 is 0. The van der Waals surface area contributed by atoms with Crippen molar-refractivity contribution in [3.63, 3.8) is 0 Å². The predicted molar refractivity (Wildman–Crippen MR) is 125 cm³/mol. The Kier molecular flexibility index (Phi) is 5.25. The molecule has 5 rings (SSSR count). The fourth-order valence-electron chi connectivity index (χ4n) is 5.26. The minimum absolute atomic E-state index is 0.0647. The highest BCUT2D eigenvalue weighted by molar-refractivity contribution is 5.99. The van der Waals surface area contributed by atoms with Gasteiger partial charge in [-0.15, -0.1) is 0 Å². The number of amides is 1. The minimum Gasteiger partial charge on any atom is -0.508 e. The Bertz CT molecular complexity index is 1340. The highest BCUT2D eigenvalue weighted by atomic mass is 16.3. The third kappa shape index (κ3) is 3.41. The van der Waals surface area contributed by atoms with Crippen LogP contribution in [0.25, 0.3) is 10.8 Å². The standard InChI is InChI=1S/C25H25N5O3/c1-2-15-8-5-6-12-30(15)25-28-22-21(24(33)29-25)20(17(13-26)23(32)27-22)19-16-9-4-3-7-14(16)10-11-18(19)31/h3-4,7,9-11,15,17,20,31H,2,5-6,8,12H2,1H3,(H2,27,28,29,32,33). The molecule has 3 N–H and O–H groups in total. The van der Waals surface area contributed by atoms with Crippen LogP contribution in [-0.2, 0) is 4.79 Å². The molecular formula is C25H25N5O3. The highest BCUT2D eigenvalue weighted by Gasteiger charge is 2.42. The van der Waals surface area contributed by atoms with E-state index in [1.165, 1.54) is 6.07 Å². The number of hydrogen-bond acceptors (Lipinski definition) is 6. The number of carbonyl (C=O) groups is 1. The molecule has 0 saturated carbocycles. The first kappa shape index (κ1) is 21.0. The molecule has 2 aliphatic rings. The maximum Gasteiger partial charge on any atom is 0.258 e. The summed E-state index contributed by atoms with van der Waals surface area (Å²) in [7, 11) is 0. The molecule has 3 unspecified atom stereocenters. The number of phenolic OH excluding ortho intramolecular Hbond substituents is 1. The van der Waals surface area contributed by atoms with Crippen molar-refractivity contribution in [2.75, 3.05) is 16.8 Å². The average Bonchev–Trinajstić information content (AvgIpc) is 2.83. The number of hydrogen-bond donors (Lipinski definition) is 3. The zero-order chi connectivity index (χ0) is 23.1. The largest absolute Gasteiger partial charge is 0.508 e. The van der Waals surface area contributed by atoms with Crippen LogP contribution >= 0.6 is 0 Å². The van der Waals surface area contributed by atoms with Gasteiger partial charge in [0.25, 0.3) is 5.56 Å². The van der Waals surface area contributed by atoms with E-state index in [1.807, 2.05) is 30.3 Å². The van der Waals surface area contributed by atoms with E-state index >= 15 is 0 Å². The van der Waals surface area contributed by atoms with Gasteiger partial charge in [-0.2, -0.15) is 10.2 Å². The lowest BCUT2D eigenvalue weighted by molar-refractivity contribution is -0.119. The van der Waals surface area contributed by atoms with Gasteiger partial charge in [0.05, 0.1) is 11.6 Å². The van der Waals surface area contributed by atoms with Gasteiger partial charge in [0.15, 0.2) is 0 Å². The number of aromatic hydroxyl groups is 1. The molecule has 0 radical (unpaired) electrons. The average molecular weight is 444 g/mol. The van der Waals surface area contributed by atoms with Crippen molar-refractivity contribution >= 4 is 28.4 Å². The van der Waals surface area contributed by atoms with E-state index in [2.05, 4.69) is 27.1 Å². The number of fused-ring (bicyclic) bond motifs is 2. The van der Waals surface area contributed by atoms with Crippen molar-refractivity contribution in [2.24, 2.45) is 5.92 Å². The van der Waals surface area contributed by atoms with Gasteiger partial charge in [0.2, 0.25) is 11.9 Å². The van der Waals surface area contributed by atoms with Gasteiger partial charge >= 0.3 is 0 Å². The number of piperidine rings is 1. The van der Waals surface area contributed by atoms with Crippen LogP contribution in [0.4, 0.5) is 11.8 Å². The Labute approximate surface area is 190 Å². The summed E-state index contributed by atoms with van der Waals surface area (Å²) in [5, 5.41) is 24.9. The number of phenols is 1. The summed E-state index contributed by atoms with van der Waals surface area (Å²) in [6, 6.07) is 13.0. The maximum absolute atomic E-state index is 13.5. The van der Waals surface area contributed by atoms with E-state index in [-0.39, 0.29) is 23.2 Å². The lowest BCUT2D eigenvalue weighted by Gasteiger charge is -2.36. The van der Waals surface area contributed by atoms with Crippen molar-refractivity contribution in [1.29, 1.82) is 5.26 Å². The molecule has 3 aromatic rings. The number of nitrogens with zero attached hydrogens (tertiary/aromatic N) is 3. The van der Waals surface area contributed by atoms with Gasteiger partial charge in [0.1, 0.15) is 17.5 Å². The first-order valence-electron chi connectivity index (χ1n) is 11.4. The predicted octanol–water partition coefficient (Wildman–Crippen LogP) is 3.62. The number of benzene rings is 2. The summed E-state index contributed by atoms with van der Waals surface area (Å²) in [6.07, 6.45) is 4.09. The number of H-pyrrole nitrogens is 1. The molecule has 168 valence electrons. The zero-order valence-electron chi connectivity index (χ0n) is 18.3. The van der Waals surface area contributed by atoms with Gasteiger partial charge in [-0.3, -0.25) is 14.6 Å². The van der Waals surface area contributed by atoms with Crippen LogP contribution in [0.5, 0.6) is 5.75 Å².